The van der Waals surface area contributed by atoms with Crippen molar-refractivity contribution < 1.29 is 29.4 Å². The van der Waals surface area contributed by atoms with Gasteiger partial charge in [-0.1, -0.05) is 42.5 Å². The Morgan fingerprint density at radius 2 is 1.50 bits per heavy atom. The maximum Gasteiger partial charge on any atom is 0.326 e. The van der Waals surface area contributed by atoms with Crippen LogP contribution in [0.3, 0.4) is 0 Å². The molecular weight excluding hydrogens is 464 g/mol. The van der Waals surface area contributed by atoms with Crippen molar-refractivity contribution in [3.63, 3.8) is 0 Å². The van der Waals surface area contributed by atoms with Gasteiger partial charge in [0.15, 0.2) is 0 Å². The predicted octanol–water partition coefficient (Wildman–Crippen LogP) is 0.488. The normalized spacial score (nSPS) is 17.4. The highest BCUT2D eigenvalue weighted by molar-refractivity contribution is 5.94. The lowest BCUT2D eigenvalue weighted by atomic mass is 10.0. The molecule has 4 atom stereocenters. The number of aliphatic carboxylic acids is 1. The van der Waals surface area contributed by atoms with Gasteiger partial charge in [-0.05, 0) is 49.6 Å². The molecule has 0 spiro atoms. The smallest absolute Gasteiger partial charge is 0.326 e. The number of hydrogen-bond donors (Lipinski definition) is 6. The van der Waals surface area contributed by atoms with Crippen LogP contribution in [0.25, 0.3) is 0 Å². The number of carboxylic acid groups (broad SMARTS) is 1. The van der Waals surface area contributed by atoms with Crippen molar-refractivity contribution in [2.45, 2.75) is 56.8 Å². The van der Waals surface area contributed by atoms with E-state index in [4.69, 9.17) is 0 Å². The molecule has 1 aliphatic rings. The first kappa shape index (κ1) is 26.7. The van der Waals surface area contributed by atoms with Gasteiger partial charge in [0, 0.05) is 12.8 Å². The van der Waals surface area contributed by atoms with Crippen LogP contribution in [0, 0.1) is 0 Å². The lowest BCUT2D eigenvalue weighted by Gasteiger charge is -2.24. The summed E-state index contributed by atoms with van der Waals surface area (Å²) in [5.41, 5.74) is 1.39. The molecule has 0 aromatic heterocycles. The zero-order chi connectivity index (χ0) is 26.1. The van der Waals surface area contributed by atoms with Crippen LogP contribution in [0.5, 0.6) is 5.75 Å². The fourth-order valence-electron chi connectivity index (χ4n) is 3.98. The third kappa shape index (κ3) is 7.81. The van der Waals surface area contributed by atoms with Crippen LogP contribution in [0.1, 0.15) is 30.9 Å². The van der Waals surface area contributed by atoms with Gasteiger partial charge in [0.1, 0.15) is 23.9 Å². The first-order valence-corrected chi connectivity index (χ1v) is 11.9. The van der Waals surface area contributed by atoms with Crippen LogP contribution in [0.4, 0.5) is 0 Å². The standard InChI is InChI=1S/C26H32N4O6/c1-16(28-24(33)20-8-5-13-27-20)23(32)29-21(14-18-9-11-19(31)12-10-18)25(34)30-22(26(35)36)15-17-6-3-2-4-7-17/h2-4,6-7,9-12,16,20-22,27,31H,5,8,13-15H2,1H3,(H,28,33)(H,29,32)(H,30,34)(H,35,36). The number of phenols is 1. The molecule has 36 heavy (non-hydrogen) atoms. The first-order valence-electron chi connectivity index (χ1n) is 11.9. The third-order valence-corrected chi connectivity index (χ3v) is 6.04. The van der Waals surface area contributed by atoms with Crippen molar-refractivity contribution in [1.82, 2.24) is 21.3 Å². The molecule has 0 aliphatic carbocycles. The van der Waals surface area contributed by atoms with E-state index in [0.717, 1.165) is 18.5 Å². The number of carboxylic acids is 1. The van der Waals surface area contributed by atoms with Crippen molar-refractivity contribution in [2.75, 3.05) is 6.54 Å². The van der Waals surface area contributed by atoms with Crippen LogP contribution in [-0.4, -0.2) is 64.6 Å². The summed E-state index contributed by atoms with van der Waals surface area (Å²) in [7, 11) is 0. The van der Waals surface area contributed by atoms with Crippen molar-refractivity contribution >= 4 is 23.7 Å². The number of aromatic hydroxyl groups is 1. The summed E-state index contributed by atoms with van der Waals surface area (Å²) in [4.78, 5) is 50.3. The van der Waals surface area contributed by atoms with Crippen molar-refractivity contribution in [3.8, 4) is 5.75 Å². The van der Waals surface area contributed by atoms with Gasteiger partial charge >= 0.3 is 5.97 Å². The number of phenolic OH excluding ortho intramolecular Hbond substituents is 1. The topological polar surface area (TPSA) is 157 Å². The lowest BCUT2D eigenvalue weighted by Crippen LogP contribution is -2.57. The van der Waals surface area contributed by atoms with E-state index in [9.17, 15) is 29.4 Å². The van der Waals surface area contributed by atoms with Gasteiger partial charge < -0.3 is 31.5 Å². The van der Waals surface area contributed by atoms with Crippen LogP contribution in [0.2, 0.25) is 0 Å². The zero-order valence-electron chi connectivity index (χ0n) is 20.1. The van der Waals surface area contributed by atoms with Crippen molar-refractivity contribution in [3.05, 3.63) is 65.7 Å². The summed E-state index contributed by atoms with van der Waals surface area (Å²) in [6.45, 7) is 2.26. The van der Waals surface area contributed by atoms with Gasteiger partial charge in [0.2, 0.25) is 17.7 Å². The molecule has 0 radical (unpaired) electrons. The van der Waals surface area contributed by atoms with Gasteiger partial charge in [0.05, 0.1) is 6.04 Å². The number of benzene rings is 2. The molecule has 1 saturated heterocycles. The Hall–Kier alpha value is -3.92. The molecule has 4 unspecified atom stereocenters. The monoisotopic (exact) mass is 496 g/mol. The van der Waals surface area contributed by atoms with E-state index in [-0.39, 0.29) is 30.5 Å². The minimum absolute atomic E-state index is 0.0504. The van der Waals surface area contributed by atoms with E-state index >= 15 is 0 Å². The van der Waals surface area contributed by atoms with E-state index in [2.05, 4.69) is 21.3 Å². The molecule has 6 N–H and O–H groups in total. The van der Waals surface area contributed by atoms with Crippen LogP contribution in [0.15, 0.2) is 54.6 Å². The average molecular weight is 497 g/mol. The van der Waals surface area contributed by atoms with Gasteiger partial charge in [0.25, 0.3) is 0 Å². The summed E-state index contributed by atoms with van der Waals surface area (Å²) < 4.78 is 0. The van der Waals surface area contributed by atoms with E-state index in [1.165, 1.54) is 19.1 Å². The van der Waals surface area contributed by atoms with Crippen LogP contribution in [-0.2, 0) is 32.0 Å². The summed E-state index contributed by atoms with van der Waals surface area (Å²) in [5.74, 6) is -2.68. The maximum absolute atomic E-state index is 13.2. The molecule has 10 nitrogen and oxygen atoms in total. The molecule has 10 heteroatoms. The zero-order valence-corrected chi connectivity index (χ0v) is 20.1. The van der Waals surface area contributed by atoms with Gasteiger partial charge in [-0.25, -0.2) is 4.79 Å². The average Bonchev–Trinajstić information content (AvgIpc) is 3.40. The van der Waals surface area contributed by atoms with Crippen molar-refractivity contribution in [1.29, 1.82) is 0 Å². The van der Waals surface area contributed by atoms with E-state index < -0.39 is 35.9 Å². The highest BCUT2D eigenvalue weighted by Gasteiger charge is 2.30. The number of hydrogen-bond acceptors (Lipinski definition) is 6. The fraction of sp³-hybridized carbons (Fsp3) is 0.385. The molecule has 1 fully saturated rings. The molecule has 3 amide bonds. The Bertz CT molecular complexity index is 1050. The fourth-order valence-corrected chi connectivity index (χ4v) is 3.98. The van der Waals surface area contributed by atoms with E-state index in [0.29, 0.717) is 12.0 Å². The number of amides is 3. The quantitative estimate of drug-likeness (QED) is 0.264. The summed E-state index contributed by atoms with van der Waals surface area (Å²) in [6.07, 6.45) is 1.69. The second-order valence-electron chi connectivity index (χ2n) is 8.90. The first-order chi connectivity index (χ1) is 17.2. The molecule has 3 rings (SSSR count). The van der Waals surface area contributed by atoms with Crippen molar-refractivity contribution in [2.24, 2.45) is 0 Å². The largest absolute Gasteiger partial charge is 0.508 e. The van der Waals surface area contributed by atoms with E-state index in [1.807, 2.05) is 6.07 Å². The maximum atomic E-state index is 13.2. The van der Waals surface area contributed by atoms with Gasteiger partial charge in [-0.2, -0.15) is 0 Å². The Kier molecular flexibility index (Phi) is 9.40. The minimum atomic E-state index is -1.20. The second-order valence-corrected chi connectivity index (χ2v) is 8.90. The second kappa shape index (κ2) is 12.7. The third-order valence-electron chi connectivity index (χ3n) is 6.04. The SMILES string of the molecule is CC(NC(=O)C1CCCN1)C(=O)NC(Cc1ccc(O)cc1)C(=O)NC(Cc1ccccc1)C(=O)O. The minimum Gasteiger partial charge on any atom is -0.508 e. The number of carbonyl (C=O) groups is 4. The summed E-state index contributed by atoms with van der Waals surface area (Å²) in [5, 5.41) is 30.1. The molecule has 192 valence electrons. The lowest BCUT2D eigenvalue weighted by molar-refractivity contribution is -0.142. The predicted molar refractivity (Wildman–Crippen MR) is 132 cm³/mol. The number of rotatable bonds is 11. The Labute approximate surface area is 209 Å². The van der Waals surface area contributed by atoms with Crippen LogP contribution < -0.4 is 21.3 Å². The molecule has 2 aromatic carbocycles. The van der Waals surface area contributed by atoms with Crippen LogP contribution >= 0.6 is 0 Å². The summed E-state index contributed by atoms with van der Waals surface area (Å²) in [6, 6.07) is 11.5. The molecule has 0 saturated carbocycles. The molecule has 1 aliphatic heterocycles. The number of nitrogens with one attached hydrogen (secondary N) is 4. The molecular formula is C26H32N4O6. The highest BCUT2D eigenvalue weighted by Crippen LogP contribution is 2.12. The highest BCUT2D eigenvalue weighted by atomic mass is 16.4. The van der Waals surface area contributed by atoms with E-state index in [1.54, 1.807) is 36.4 Å². The van der Waals surface area contributed by atoms with Gasteiger partial charge in [-0.15, -0.1) is 0 Å². The Morgan fingerprint density at radius 1 is 0.889 bits per heavy atom. The Morgan fingerprint density at radius 3 is 2.11 bits per heavy atom. The summed E-state index contributed by atoms with van der Waals surface area (Å²) >= 11 is 0. The molecule has 0 bridgehead atoms. The number of carbonyl (C=O) groups excluding carboxylic acids is 3. The molecule has 1 heterocycles. The van der Waals surface area contributed by atoms with Gasteiger partial charge in [-0.3, -0.25) is 14.4 Å². The molecule has 2 aromatic rings. The Balaban J connectivity index is 1.70.